The molecule has 2 atom stereocenters. The fraction of sp³-hybridized carbons (Fsp3) is 0.632. The Balaban J connectivity index is 1.59. The van der Waals surface area contributed by atoms with Crippen LogP contribution < -0.4 is 20.5 Å². The van der Waals surface area contributed by atoms with Crippen molar-refractivity contribution < 1.29 is 24.5 Å². The van der Waals surface area contributed by atoms with Crippen molar-refractivity contribution in [3.63, 3.8) is 0 Å². The molecule has 1 fully saturated rings. The van der Waals surface area contributed by atoms with Crippen LogP contribution in [0.15, 0.2) is 12.1 Å². The third-order valence-corrected chi connectivity index (χ3v) is 5.08. The molecule has 1 saturated heterocycles. The Morgan fingerprint density at radius 2 is 2.15 bits per heavy atom. The van der Waals surface area contributed by atoms with Gasteiger partial charge < -0.3 is 35.6 Å². The number of piperidine rings is 1. The number of amides is 1. The minimum absolute atomic E-state index is 0.00356. The molecule has 2 aliphatic rings. The average molecular weight is 379 g/mol. The zero-order valence-corrected chi connectivity index (χ0v) is 15.5. The lowest BCUT2D eigenvalue weighted by molar-refractivity contribution is 0.0201. The van der Waals surface area contributed by atoms with E-state index in [4.69, 9.17) is 20.3 Å². The molecule has 0 aliphatic carbocycles. The van der Waals surface area contributed by atoms with Crippen molar-refractivity contribution >= 4 is 11.6 Å². The number of anilines is 1. The number of β-amino-alcohol motifs (C(OH)–C–C–N with tert-alkyl or cyclic N) is 1. The Kier molecular flexibility index (Phi) is 6.76. The number of hydrogen-bond donors (Lipinski definition) is 4. The molecule has 8 heteroatoms. The minimum atomic E-state index is -0.504. The summed E-state index contributed by atoms with van der Waals surface area (Å²) in [6.45, 7) is 3.74. The molecule has 0 spiro atoms. The van der Waals surface area contributed by atoms with E-state index in [0.29, 0.717) is 55.5 Å². The number of hydrogen-bond acceptors (Lipinski definition) is 7. The molecule has 1 amide bonds. The van der Waals surface area contributed by atoms with E-state index in [9.17, 15) is 9.90 Å². The first-order valence-corrected chi connectivity index (χ1v) is 9.57. The van der Waals surface area contributed by atoms with Crippen LogP contribution in [0.5, 0.6) is 11.5 Å². The predicted octanol–water partition coefficient (Wildman–Crippen LogP) is 0.225. The van der Waals surface area contributed by atoms with Crippen LogP contribution in [0.2, 0.25) is 0 Å². The maximum absolute atomic E-state index is 12.7. The molecule has 1 unspecified atom stereocenters. The molecule has 2 aliphatic heterocycles. The van der Waals surface area contributed by atoms with Crippen LogP contribution >= 0.6 is 0 Å². The lowest BCUT2D eigenvalue weighted by Gasteiger charge is -2.36. The standard InChI is InChI=1S/C19H29N3O5/c20-14-9-15(18-17(10-14)26-7-2-8-27-18)19(25)21-11-13-3-5-22(4-1-6-23)12-16(13)24/h9-10,13,16,23-24H,1-8,11-12,20H2,(H,21,25)/t13-,16?/m0/s1. The fourth-order valence-electron chi connectivity index (χ4n) is 3.56. The maximum atomic E-state index is 12.7. The van der Waals surface area contributed by atoms with Crippen LogP contribution in [0.4, 0.5) is 5.69 Å². The van der Waals surface area contributed by atoms with Crippen molar-refractivity contribution in [2.75, 3.05) is 51.7 Å². The number of fused-ring (bicyclic) bond motifs is 1. The van der Waals surface area contributed by atoms with Gasteiger partial charge in [0.25, 0.3) is 5.91 Å². The van der Waals surface area contributed by atoms with Crippen LogP contribution in [-0.2, 0) is 0 Å². The first kappa shape index (κ1) is 19.7. The molecule has 0 radical (unpaired) electrons. The van der Waals surface area contributed by atoms with Crippen LogP contribution in [0.1, 0.15) is 29.6 Å². The van der Waals surface area contributed by atoms with Gasteiger partial charge in [0, 0.05) is 50.3 Å². The van der Waals surface area contributed by atoms with Crippen molar-refractivity contribution in [1.82, 2.24) is 10.2 Å². The number of likely N-dealkylation sites (tertiary alicyclic amines) is 1. The summed E-state index contributed by atoms with van der Waals surface area (Å²) in [5.74, 6) is 0.642. The van der Waals surface area contributed by atoms with E-state index in [1.807, 2.05) is 0 Å². The molecule has 0 saturated carbocycles. The largest absolute Gasteiger partial charge is 0.489 e. The van der Waals surface area contributed by atoms with E-state index >= 15 is 0 Å². The number of nitrogens with zero attached hydrogens (tertiary/aromatic N) is 1. The summed E-state index contributed by atoms with van der Waals surface area (Å²) in [7, 11) is 0. The molecule has 27 heavy (non-hydrogen) atoms. The first-order chi connectivity index (χ1) is 13.1. The maximum Gasteiger partial charge on any atom is 0.255 e. The summed E-state index contributed by atoms with van der Waals surface area (Å²) >= 11 is 0. The van der Waals surface area contributed by atoms with Gasteiger partial charge in [-0.15, -0.1) is 0 Å². The summed E-state index contributed by atoms with van der Waals surface area (Å²) < 4.78 is 11.3. The second-order valence-electron chi connectivity index (χ2n) is 7.15. The van der Waals surface area contributed by atoms with E-state index in [-0.39, 0.29) is 18.4 Å². The smallest absolute Gasteiger partial charge is 0.255 e. The number of nitrogens with one attached hydrogen (secondary N) is 1. The van der Waals surface area contributed by atoms with Crippen LogP contribution in [0.25, 0.3) is 0 Å². The lowest BCUT2D eigenvalue weighted by Crippen LogP contribution is -2.48. The van der Waals surface area contributed by atoms with Crippen molar-refractivity contribution in [2.45, 2.75) is 25.4 Å². The summed E-state index contributed by atoms with van der Waals surface area (Å²) in [4.78, 5) is 14.9. The average Bonchev–Trinajstić information content (AvgIpc) is 2.90. The molecule has 5 N–H and O–H groups in total. The Morgan fingerprint density at radius 3 is 2.93 bits per heavy atom. The first-order valence-electron chi connectivity index (χ1n) is 9.57. The van der Waals surface area contributed by atoms with Crippen molar-refractivity contribution in [2.24, 2.45) is 5.92 Å². The number of rotatable bonds is 6. The Labute approximate surface area is 159 Å². The van der Waals surface area contributed by atoms with Gasteiger partial charge in [0.1, 0.15) is 0 Å². The monoisotopic (exact) mass is 379 g/mol. The number of nitrogens with two attached hydrogens (primary N) is 1. The Hall–Kier alpha value is -2.03. The Morgan fingerprint density at radius 1 is 1.33 bits per heavy atom. The van der Waals surface area contributed by atoms with Gasteiger partial charge in [-0.1, -0.05) is 0 Å². The third-order valence-electron chi connectivity index (χ3n) is 5.08. The molecule has 8 nitrogen and oxygen atoms in total. The highest BCUT2D eigenvalue weighted by Gasteiger charge is 2.28. The van der Waals surface area contributed by atoms with Gasteiger partial charge in [0.05, 0.1) is 24.9 Å². The molecule has 0 bridgehead atoms. The van der Waals surface area contributed by atoms with Gasteiger partial charge in [-0.05, 0) is 25.5 Å². The molecular formula is C19H29N3O5. The van der Waals surface area contributed by atoms with Gasteiger partial charge in [0.2, 0.25) is 0 Å². The predicted molar refractivity (Wildman–Crippen MR) is 101 cm³/mol. The molecule has 1 aromatic carbocycles. The molecule has 3 rings (SSSR count). The van der Waals surface area contributed by atoms with E-state index in [1.165, 1.54) is 0 Å². The number of aliphatic hydroxyl groups is 2. The second-order valence-corrected chi connectivity index (χ2v) is 7.15. The summed E-state index contributed by atoms with van der Waals surface area (Å²) in [5.41, 5.74) is 6.72. The van der Waals surface area contributed by atoms with Gasteiger partial charge in [-0.3, -0.25) is 4.79 Å². The highest BCUT2D eigenvalue weighted by Crippen LogP contribution is 2.35. The summed E-state index contributed by atoms with van der Waals surface area (Å²) in [6.07, 6.45) is 1.74. The van der Waals surface area contributed by atoms with E-state index < -0.39 is 6.10 Å². The second kappa shape index (κ2) is 9.25. The van der Waals surface area contributed by atoms with Crippen molar-refractivity contribution in [3.05, 3.63) is 17.7 Å². The van der Waals surface area contributed by atoms with E-state index in [1.54, 1.807) is 12.1 Å². The number of carbonyl (C=O) groups excluding carboxylic acids is 1. The van der Waals surface area contributed by atoms with Gasteiger partial charge in [0.15, 0.2) is 11.5 Å². The highest BCUT2D eigenvalue weighted by molar-refractivity contribution is 5.98. The zero-order chi connectivity index (χ0) is 19.2. The van der Waals surface area contributed by atoms with Crippen LogP contribution in [0, 0.1) is 5.92 Å². The van der Waals surface area contributed by atoms with Gasteiger partial charge in [-0.2, -0.15) is 0 Å². The summed E-state index contributed by atoms with van der Waals surface area (Å²) in [6, 6.07) is 3.26. The number of carbonyl (C=O) groups is 1. The van der Waals surface area contributed by atoms with Crippen LogP contribution in [-0.4, -0.2) is 73.1 Å². The van der Waals surface area contributed by atoms with Gasteiger partial charge >= 0.3 is 0 Å². The molecule has 2 heterocycles. The zero-order valence-electron chi connectivity index (χ0n) is 15.5. The number of ether oxygens (including phenoxy) is 2. The van der Waals surface area contributed by atoms with E-state index in [2.05, 4.69) is 10.2 Å². The van der Waals surface area contributed by atoms with E-state index in [0.717, 1.165) is 25.9 Å². The minimum Gasteiger partial charge on any atom is -0.489 e. The SMILES string of the molecule is Nc1cc2c(c(C(=O)NC[C@@H]3CCN(CCCO)CC3O)c1)OCCCO2. The normalized spacial score (nSPS) is 22.9. The molecule has 1 aromatic rings. The van der Waals surface area contributed by atoms with Crippen molar-refractivity contribution in [1.29, 1.82) is 0 Å². The van der Waals surface area contributed by atoms with Crippen LogP contribution in [0.3, 0.4) is 0 Å². The third kappa shape index (κ3) is 5.03. The summed E-state index contributed by atoms with van der Waals surface area (Å²) in [5, 5.41) is 22.2. The van der Waals surface area contributed by atoms with Crippen molar-refractivity contribution in [3.8, 4) is 11.5 Å². The van der Waals surface area contributed by atoms with Gasteiger partial charge in [-0.25, -0.2) is 0 Å². The molecule has 0 aromatic heterocycles. The highest BCUT2D eigenvalue weighted by atomic mass is 16.5. The number of nitrogen functional groups attached to an aromatic ring is 1. The quantitative estimate of drug-likeness (QED) is 0.523. The molecular weight excluding hydrogens is 350 g/mol. The lowest BCUT2D eigenvalue weighted by atomic mass is 9.93. The number of benzene rings is 1. The molecule has 150 valence electrons. The Bertz CT molecular complexity index is 654. The topological polar surface area (TPSA) is 117 Å². The fourth-order valence-corrected chi connectivity index (χ4v) is 3.56. The number of aliphatic hydroxyl groups excluding tert-OH is 2.